The van der Waals surface area contributed by atoms with Crippen molar-refractivity contribution in [3.8, 4) is 17.6 Å². The molecule has 6 heteroatoms. The standard InChI is InChI=1S/C15H13N3O3/c1-21-14-5-3-10(7-13(14)19)15(20)18-12-4-2-9(8-16)6-11(12)17/h2-7,19H,17H2,1H3,(H,18,20). The van der Waals surface area contributed by atoms with Crippen LogP contribution < -0.4 is 15.8 Å². The average Bonchev–Trinajstić information content (AvgIpc) is 2.49. The van der Waals surface area contributed by atoms with Crippen molar-refractivity contribution in [2.75, 3.05) is 18.2 Å². The molecule has 0 aliphatic rings. The monoisotopic (exact) mass is 283 g/mol. The number of amides is 1. The summed E-state index contributed by atoms with van der Waals surface area (Å²) < 4.78 is 4.91. The number of rotatable bonds is 3. The van der Waals surface area contributed by atoms with Crippen molar-refractivity contribution < 1.29 is 14.6 Å². The van der Waals surface area contributed by atoms with E-state index in [0.29, 0.717) is 16.9 Å². The van der Waals surface area contributed by atoms with Crippen LogP contribution in [0.15, 0.2) is 36.4 Å². The van der Waals surface area contributed by atoms with Gasteiger partial charge in [-0.1, -0.05) is 0 Å². The van der Waals surface area contributed by atoms with Gasteiger partial charge in [0.1, 0.15) is 0 Å². The van der Waals surface area contributed by atoms with Crippen molar-refractivity contribution >= 4 is 17.3 Å². The van der Waals surface area contributed by atoms with Crippen LogP contribution >= 0.6 is 0 Å². The summed E-state index contributed by atoms with van der Waals surface area (Å²) >= 11 is 0. The number of nitrogens with two attached hydrogens (primary N) is 1. The molecule has 2 aromatic carbocycles. The van der Waals surface area contributed by atoms with E-state index in [-0.39, 0.29) is 17.1 Å². The first-order chi connectivity index (χ1) is 10.0. The van der Waals surface area contributed by atoms with Gasteiger partial charge < -0.3 is 20.9 Å². The van der Waals surface area contributed by atoms with Crippen LogP contribution in [-0.4, -0.2) is 18.1 Å². The Morgan fingerprint density at radius 2 is 2.10 bits per heavy atom. The Bertz CT molecular complexity index is 735. The van der Waals surface area contributed by atoms with Crippen LogP contribution in [0.25, 0.3) is 0 Å². The van der Waals surface area contributed by atoms with Crippen LogP contribution in [0.2, 0.25) is 0 Å². The highest BCUT2D eigenvalue weighted by Gasteiger charge is 2.11. The Morgan fingerprint density at radius 3 is 2.67 bits per heavy atom. The highest BCUT2D eigenvalue weighted by atomic mass is 16.5. The highest BCUT2D eigenvalue weighted by molar-refractivity contribution is 6.06. The molecule has 21 heavy (non-hydrogen) atoms. The molecule has 0 radical (unpaired) electrons. The van der Waals surface area contributed by atoms with Crippen molar-refractivity contribution in [3.63, 3.8) is 0 Å². The van der Waals surface area contributed by atoms with E-state index in [1.807, 2.05) is 6.07 Å². The largest absolute Gasteiger partial charge is 0.504 e. The molecule has 4 N–H and O–H groups in total. The zero-order chi connectivity index (χ0) is 15.4. The van der Waals surface area contributed by atoms with Crippen molar-refractivity contribution in [2.45, 2.75) is 0 Å². The molecule has 0 bridgehead atoms. The smallest absolute Gasteiger partial charge is 0.255 e. The number of nitrogen functional groups attached to an aromatic ring is 1. The van der Waals surface area contributed by atoms with Gasteiger partial charge in [-0.3, -0.25) is 4.79 Å². The predicted octanol–water partition coefficient (Wildman–Crippen LogP) is 2.11. The fraction of sp³-hybridized carbons (Fsp3) is 0.0667. The number of nitriles is 1. The maximum absolute atomic E-state index is 12.1. The van der Waals surface area contributed by atoms with Gasteiger partial charge in [0.25, 0.3) is 5.91 Å². The molecular formula is C15H13N3O3. The molecule has 1 amide bonds. The van der Waals surface area contributed by atoms with E-state index in [0.717, 1.165) is 0 Å². The van der Waals surface area contributed by atoms with E-state index in [1.54, 1.807) is 12.1 Å². The van der Waals surface area contributed by atoms with Crippen LogP contribution in [-0.2, 0) is 0 Å². The second kappa shape index (κ2) is 5.84. The minimum atomic E-state index is -0.427. The minimum Gasteiger partial charge on any atom is -0.504 e. The van der Waals surface area contributed by atoms with Crippen LogP contribution in [0.4, 0.5) is 11.4 Å². The number of carbonyl (C=O) groups excluding carboxylic acids is 1. The molecule has 2 rings (SSSR count). The first-order valence-corrected chi connectivity index (χ1v) is 6.03. The summed E-state index contributed by atoms with van der Waals surface area (Å²) in [5.41, 5.74) is 7.12. The number of carbonyl (C=O) groups is 1. The molecule has 6 nitrogen and oxygen atoms in total. The first kappa shape index (κ1) is 14.2. The van der Waals surface area contributed by atoms with E-state index in [1.165, 1.54) is 31.4 Å². The molecule has 106 valence electrons. The number of methoxy groups -OCH3 is 1. The molecule has 0 heterocycles. The lowest BCUT2D eigenvalue weighted by Crippen LogP contribution is -2.13. The summed E-state index contributed by atoms with van der Waals surface area (Å²) in [5.74, 6) is -0.272. The van der Waals surface area contributed by atoms with Crippen LogP contribution in [0.3, 0.4) is 0 Å². The summed E-state index contributed by atoms with van der Waals surface area (Å²) in [6, 6.07) is 10.9. The van der Waals surface area contributed by atoms with Crippen molar-refractivity contribution in [1.82, 2.24) is 0 Å². The fourth-order valence-corrected chi connectivity index (χ4v) is 1.77. The topological polar surface area (TPSA) is 108 Å². The molecular weight excluding hydrogens is 270 g/mol. The van der Waals surface area contributed by atoms with Gasteiger partial charge in [0.2, 0.25) is 0 Å². The number of aromatic hydroxyl groups is 1. The zero-order valence-electron chi connectivity index (χ0n) is 11.3. The van der Waals surface area contributed by atoms with Crippen LogP contribution in [0, 0.1) is 11.3 Å². The normalized spacial score (nSPS) is 9.71. The van der Waals surface area contributed by atoms with E-state index in [4.69, 9.17) is 15.7 Å². The first-order valence-electron chi connectivity index (χ1n) is 6.03. The third-order valence-electron chi connectivity index (χ3n) is 2.87. The molecule has 0 aliphatic carbocycles. The SMILES string of the molecule is COc1ccc(C(=O)Nc2ccc(C#N)cc2N)cc1O. The third-order valence-corrected chi connectivity index (χ3v) is 2.87. The summed E-state index contributed by atoms with van der Waals surface area (Å²) in [6.07, 6.45) is 0. The number of nitrogens with one attached hydrogen (secondary N) is 1. The van der Waals surface area contributed by atoms with Crippen molar-refractivity contribution in [2.24, 2.45) is 0 Å². The molecule has 0 aliphatic heterocycles. The molecule has 0 saturated carbocycles. The van der Waals surface area contributed by atoms with Crippen LogP contribution in [0.5, 0.6) is 11.5 Å². The number of phenols is 1. The quantitative estimate of drug-likeness (QED) is 0.747. The zero-order valence-corrected chi connectivity index (χ0v) is 11.3. The van der Waals surface area contributed by atoms with Gasteiger partial charge in [0.15, 0.2) is 11.5 Å². The Labute approximate surface area is 121 Å². The maximum atomic E-state index is 12.1. The molecule has 0 unspecified atom stereocenters. The van der Waals surface area contributed by atoms with E-state index in [2.05, 4.69) is 5.32 Å². The van der Waals surface area contributed by atoms with Crippen molar-refractivity contribution in [1.29, 1.82) is 5.26 Å². The van der Waals surface area contributed by atoms with Gasteiger partial charge in [-0.25, -0.2) is 0 Å². The third kappa shape index (κ3) is 3.04. The summed E-state index contributed by atoms with van der Waals surface area (Å²) in [5, 5.41) is 21.0. The molecule has 0 spiro atoms. The highest BCUT2D eigenvalue weighted by Crippen LogP contribution is 2.27. The van der Waals surface area contributed by atoms with E-state index >= 15 is 0 Å². The summed E-state index contributed by atoms with van der Waals surface area (Å²) in [7, 11) is 1.42. The summed E-state index contributed by atoms with van der Waals surface area (Å²) in [6.45, 7) is 0. The van der Waals surface area contributed by atoms with Gasteiger partial charge in [-0.15, -0.1) is 0 Å². The Morgan fingerprint density at radius 1 is 1.33 bits per heavy atom. The number of phenolic OH excluding ortho intramolecular Hbond substituents is 1. The molecule has 0 fully saturated rings. The maximum Gasteiger partial charge on any atom is 0.255 e. The van der Waals surface area contributed by atoms with Gasteiger partial charge in [0.05, 0.1) is 30.1 Å². The van der Waals surface area contributed by atoms with Gasteiger partial charge >= 0.3 is 0 Å². The number of hydrogen-bond donors (Lipinski definition) is 3. The Kier molecular flexibility index (Phi) is 3.95. The van der Waals surface area contributed by atoms with Crippen LogP contribution in [0.1, 0.15) is 15.9 Å². The van der Waals surface area contributed by atoms with Crippen molar-refractivity contribution in [3.05, 3.63) is 47.5 Å². The lowest BCUT2D eigenvalue weighted by atomic mass is 10.1. The van der Waals surface area contributed by atoms with E-state index in [9.17, 15) is 9.90 Å². The molecule has 0 atom stereocenters. The average molecular weight is 283 g/mol. The molecule has 2 aromatic rings. The summed E-state index contributed by atoms with van der Waals surface area (Å²) in [4.78, 5) is 12.1. The number of benzene rings is 2. The van der Waals surface area contributed by atoms with Gasteiger partial charge in [-0.2, -0.15) is 5.26 Å². The lowest BCUT2D eigenvalue weighted by molar-refractivity contribution is 0.102. The molecule has 0 aromatic heterocycles. The number of ether oxygens (including phenoxy) is 1. The van der Waals surface area contributed by atoms with E-state index < -0.39 is 5.91 Å². The van der Waals surface area contributed by atoms with Gasteiger partial charge in [0, 0.05) is 5.56 Å². The molecule has 0 saturated heterocycles. The minimum absolute atomic E-state index is 0.127. The second-order valence-corrected chi connectivity index (χ2v) is 4.25. The Hall–Kier alpha value is -3.20. The number of hydrogen-bond acceptors (Lipinski definition) is 5. The predicted molar refractivity (Wildman–Crippen MR) is 78.2 cm³/mol. The lowest BCUT2D eigenvalue weighted by Gasteiger charge is -2.09. The van der Waals surface area contributed by atoms with Gasteiger partial charge in [-0.05, 0) is 36.4 Å². The Balaban J connectivity index is 2.22. The number of anilines is 2. The second-order valence-electron chi connectivity index (χ2n) is 4.25. The fourth-order valence-electron chi connectivity index (χ4n) is 1.77. The number of nitrogens with zero attached hydrogens (tertiary/aromatic N) is 1.